The molecule has 1 aliphatic rings. The van der Waals surface area contributed by atoms with Gasteiger partial charge in [0.05, 0.1) is 0 Å². The minimum absolute atomic E-state index is 0.240. The monoisotopic (exact) mass is 242 g/mol. The van der Waals surface area contributed by atoms with Gasteiger partial charge in [0.1, 0.15) is 17.3 Å². The van der Waals surface area contributed by atoms with Crippen LogP contribution in [0.2, 0.25) is 0 Å². The van der Waals surface area contributed by atoms with Crippen LogP contribution in [0.3, 0.4) is 0 Å². The molecule has 0 amide bonds. The SMILES string of the molecule is Cc1cc(C)c2c(c1)C=C(S(=O)(=O)F)CO2. The van der Waals surface area contributed by atoms with Crippen molar-refractivity contribution in [3.63, 3.8) is 0 Å². The van der Waals surface area contributed by atoms with Crippen molar-refractivity contribution < 1.29 is 17.0 Å². The van der Waals surface area contributed by atoms with Gasteiger partial charge in [-0.05, 0) is 31.6 Å². The zero-order valence-corrected chi connectivity index (χ0v) is 9.77. The topological polar surface area (TPSA) is 43.4 Å². The lowest BCUT2D eigenvalue weighted by Gasteiger charge is -2.18. The molecule has 0 aromatic heterocycles. The normalized spacial score (nSPS) is 15.1. The number of rotatable bonds is 1. The average Bonchev–Trinajstić information content (AvgIpc) is 2.15. The van der Waals surface area contributed by atoms with Crippen LogP contribution >= 0.6 is 0 Å². The molecule has 0 radical (unpaired) electrons. The third kappa shape index (κ3) is 1.95. The second-order valence-electron chi connectivity index (χ2n) is 3.84. The van der Waals surface area contributed by atoms with E-state index in [-0.39, 0.29) is 11.5 Å². The molecule has 1 aromatic carbocycles. The molecule has 0 aliphatic carbocycles. The maximum absolute atomic E-state index is 12.8. The van der Waals surface area contributed by atoms with E-state index in [4.69, 9.17) is 4.74 Å². The van der Waals surface area contributed by atoms with E-state index >= 15 is 0 Å². The Labute approximate surface area is 93.8 Å². The first-order valence-corrected chi connectivity index (χ1v) is 6.15. The highest BCUT2D eigenvalue weighted by molar-refractivity contribution is 7.90. The summed E-state index contributed by atoms with van der Waals surface area (Å²) >= 11 is 0. The third-order valence-corrected chi connectivity index (χ3v) is 3.30. The fourth-order valence-electron chi connectivity index (χ4n) is 1.79. The van der Waals surface area contributed by atoms with Gasteiger partial charge in [-0.1, -0.05) is 11.6 Å². The molecule has 0 saturated carbocycles. The molecular weight excluding hydrogens is 231 g/mol. The van der Waals surface area contributed by atoms with Crippen molar-refractivity contribution in [2.75, 3.05) is 6.61 Å². The summed E-state index contributed by atoms with van der Waals surface area (Å²) in [7, 11) is -4.66. The molecule has 0 spiro atoms. The Morgan fingerprint density at radius 2 is 2.00 bits per heavy atom. The molecule has 0 atom stereocenters. The molecule has 3 nitrogen and oxygen atoms in total. The highest BCUT2D eigenvalue weighted by atomic mass is 32.3. The average molecular weight is 242 g/mol. The first kappa shape index (κ1) is 11.1. The van der Waals surface area contributed by atoms with Gasteiger partial charge in [0, 0.05) is 5.56 Å². The molecule has 1 heterocycles. The zero-order valence-electron chi connectivity index (χ0n) is 8.95. The lowest BCUT2D eigenvalue weighted by Crippen LogP contribution is -2.13. The van der Waals surface area contributed by atoms with E-state index in [1.807, 2.05) is 19.9 Å². The fraction of sp³-hybridized carbons (Fsp3) is 0.273. The molecule has 86 valence electrons. The minimum Gasteiger partial charge on any atom is -0.487 e. The van der Waals surface area contributed by atoms with Gasteiger partial charge in [0.25, 0.3) is 0 Å². The number of fused-ring (bicyclic) bond motifs is 1. The van der Waals surface area contributed by atoms with Crippen molar-refractivity contribution in [2.24, 2.45) is 0 Å². The largest absolute Gasteiger partial charge is 0.487 e. The van der Waals surface area contributed by atoms with Crippen molar-refractivity contribution in [2.45, 2.75) is 13.8 Å². The van der Waals surface area contributed by atoms with Crippen LogP contribution in [0.25, 0.3) is 6.08 Å². The summed E-state index contributed by atoms with van der Waals surface area (Å²) < 4.78 is 39.6. The maximum Gasteiger partial charge on any atom is 0.331 e. The van der Waals surface area contributed by atoms with Crippen molar-refractivity contribution in [1.29, 1.82) is 0 Å². The summed E-state index contributed by atoms with van der Waals surface area (Å²) in [4.78, 5) is -0.329. The molecule has 0 N–H and O–H groups in total. The first-order chi connectivity index (χ1) is 7.38. The quantitative estimate of drug-likeness (QED) is 0.710. The molecule has 0 saturated heterocycles. The number of aryl methyl sites for hydroxylation is 2. The standard InChI is InChI=1S/C11H11FO3S/c1-7-3-8(2)11-9(4-7)5-10(6-15-11)16(12,13)14/h3-5H,6H2,1-2H3. The van der Waals surface area contributed by atoms with Crippen molar-refractivity contribution in [1.82, 2.24) is 0 Å². The minimum atomic E-state index is -4.66. The van der Waals surface area contributed by atoms with Gasteiger partial charge in [0.15, 0.2) is 0 Å². The van der Waals surface area contributed by atoms with Crippen LogP contribution in [-0.2, 0) is 10.2 Å². The van der Waals surface area contributed by atoms with E-state index < -0.39 is 10.2 Å². The number of halogens is 1. The molecular formula is C11H11FO3S. The van der Waals surface area contributed by atoms with E-state index in [1.165, 1.54) is 6.08 Å². The van der Waals surface area contributed by atoms with Crippen LogP contribution in [-0.4, -0.2) is 15.0 Å². The van der Waals surface area contributed by atoms with Gasteiger partial charge in [-0.25, -0.2) is 0 Å². The number of ether oxygens (including phenoxy) is 1. The van der Waals surface area contributed by atoms with Crippen molar-refractivity contribution in [3.8, 4) is 5.75 Å². The smallest absolute Gasteiger partial charge is 0.331 e. The summed E-state index contributed by atoms with van der Waals surface area (Å²) in [6.07, 6.45) is 1.33. The molecule has 16 heavy (non-hydrogen) atoms. The Balaban J connectivity index is 2.60. The molecule has 2 rings (SSSR count). The van der Waals surface area contributed by atoms with Crippen LogP contribution in [0, 0.1) is 13.8 Å². The van der Waals surface area contributed by atoms with E-state index in [1.54, 1.807) is 6.07 Å². The number of hydrogen-bond acceptors (Lipinski definition) is 3. The van der Waals surface area contributed by atoms with Gasteiger partial charge in [-0.15, -0.1) is 3.89 Å². The zero-order chi connectivity index (χ0) is 11.9. The number of benzene rings is 1. The fourth-order valence-corrected chi connectivity index (χ4v) is 2.26. The third-order valence-electron chi connectivity index (χ3n) is 2.44. The first-order valence-electron chi connectivity index (χ1n) is 4.77. The Morgan fingerprint density at radius 1 is 1.31 bits per heavy atom. The highest BCUT2D eigenvalue weighted by Crippen LogP contribution is 2.32. The van der Waals surface area contributed by atoms with Crippen LogP contribution in [0.1, 0.15) is 16.7 Å². The van der Waals surface area contributed by atoms with E-state index in [0.29, 0.717) is 11.3 Å². The Bertz CT molecular complexity index is 573. The Hall–Kier alpha value is -1.36. The van der Waals surface area contributed by atoms with Crippen LogP contribution in [0.5, 0.6) is 5.75 Å². The summed E-state index contributed by atoms with van der Waals surface area (Å²) in [5.74, 6) is 0.623. The summed E-state index contributed by atoms with van der Waals surface area (Å²) in [6.45, 7) is 3.52. The molecule has 1 aliphatic heterocycles. The molecule has 0 fully saturated rings. The Kier molecular flexibility index (Phi) is 2.50. The van der Waals surface area contributed by atoms with Crippen molar-refractivity contribution >= 4 is 16.3 Å². The van der Waals surface area contributed by atoms with Gasteiger partial charge in [0.2, 0.25) is 0 Å². The van der Waals surface area contributed by atoms with E-state index in [0.717, 1.165) is 11.1 Å². The second-order valence-corrected chi connectivity index (χ2v) is 5.24. The molecule has 0 bridgehead atoms. The molecule has 1 aromatic rings. The predicted molar refractivity (Wildman–Crippen MR) is 59.4 cm³/mol. The van der Waals surface area contributed by atoms with Crippen LogP contribution in [0.15, 0.2) is 17.0 Å². The van der Waals surface area contributed by atoms with Crippen LogP contribution < -0.4 is 4.74 Å². The van der Waals surface area contributed by atoms with Crippen LogP contribution in [0.4, 0.5) is 3.89 Å². The van der Waals surface area contributed by atoms with Gasteiger partial charge in [-0.3, -0.25) is 0 Å². The van der Waals surface area contributed by atoms with Gasteiger partial charge >= 0.3 is 10.2 Å². The predicted octanol–water partition coefficient (Wildman–Crippen LogP) is 2.34. The highest BCUT2D eigenvalue weighted by Gasteiger charge is 2.23. The second kappa shape index (κ2) is 3.59. The van der Waals surface area contributed by atoms with E-state index in [2.05, 4.69) is 0 Å². The summed E-state index contributed by atoms with van der Waals surface area (Å²) in [6, 6.07) is 3.70. The van der Waals surface area contributed by atoms with Crippen molar-refractivity contribution in [3.05, 3.63) is 33.7 Å². The lowest BCUT2D eigenvalue weighted by atomic mass is 10.0. The maximum atomic E-state index is 12.8. The molecule has 0 unspecified atom stereocenters. The lowest BCUT2D eigenvalue weighted by molar-refractivity contribution is 0.349. The summed E-state index contributed by atoms with van der Waals surface area (Å²) in [5.41, 5.74) is 2.51. The Morgan fingerprint density at radius 3 is 2.62 bits per heavy atom. The summed E-state index contributed by atoms with van der Waals surface area (Å²) in [5, 5.41) is 0. The van der Waals surface area contributed by atoms with E-state index in [9.17, 15) is 12.3 Å². The van der Waals surface area contributed by atoms with Gasteiger partial charge in [-0.2, -0.15) is 8.42 Å². The molecule has 5 heteroatoms. The number of hydrogen-bond donors (Lipinski definition) is 0. The van der Waals surface area contributed by atoms with Gasteiger partial charge < -0.3 is 4.74 Å².